The van der Waals surface area contributed by atoms with Gasteiger partial charge in [0.1, 0.15) is 11.5 Å². The molecule has 26 heteroatoms. The van der Waals surface area contributed by atoms with E-state index >= 15 is 0 Å². The molecule has 0 fully saturated rings. The van der Waals surface area contributed by atoms with Crippen LogP contribution in [0, 0.1) is 0 Å². The fraction of sp³-hybridized carbons (Fsp3) is 0. The minimum Gasteiger partial charge on any atom is -0.504 e. The molecule has 0 saturated carbocycles. The van der Waals surface area contributed by atoms with Gasteiger partial charge in [0, 0.05) is 6.07 Å². The zero-order chi connectivity index (χ0) is 54.0. The van der Waals surface area contributed by atoms with E-state index < -0.39 is 173 Å². The Bertz CT molecular complexity index is 3250. The molecule has 0 saturated heterocycles. The van der Waals surface area contributed by atoms with Gasteiger partial charge < -0.3 is 99.9 Å². The quantitative estimate of drug-likeness (QED) is 0.0440. The summed E-state index contributed by atoms with van der Waals surface area (Å²) >= 11 is 0. The van der Waals surface area contributed by atoms with E-state index in [2.05, 4.69) is 0 Å². The lowest BCUT2D eigenvalue weighted by atomic mass is 10.1. The molecule has 0 radical (unpaired) electrons. The van der Waals surface area contributed by atoms with Crippen molar-refractivity contribution in [2.45, 2.75) is 0 Å². The second kappa shape index (κ2) is 19.9. The highest BCUT2D eigenvalue weighted by atomic mass is 16.6. The molecule has 7 aromatic rings. The number of rotatable bonds is 12. The van der Waals surface area contributed by atoms with E-state index in [1.807, 2.05) is 0 Å². The molecule has 14 N–H and O–H groups in total. The monoisotopic (exact) mass is 1020 g/mol. The van der Waals surface area contributed by atoms with Gasteiger partial charge in [-0.05, 0) is 84.9 Å². The Balaban J connectivity index is 1.03. The Morgan fingerprint density at radius 2 is 0.432 bits per heavy atom. The van der Waals surface area contributed by atoms with E-state index in [-0.39, 0.29) is 11.5 Å². The van der Waals surface area contributed by atoms with Crippen molar-refractivity contribution in [3.8, 4) is 115 Å². The minimum atomic E-state index is -1.45. The van der Waals surface area contributed by atoms with Crippen LogP contribution in [0.5, 0.6) is 115 Å². The Morgan fingerprint density at radius 1 is 0.243 bits per heavy atom. The maximum atomic E-state index is 13.3. The van der Waals surface area contributed by atoms with Gasteiger partial charge >= 0.3 is 35.8 Å². The van der Waals surface area contributed by atoms with Gasteiger partial charge in [-0.2, -0.15) is 0 Å². The number of carbonyl (C=O) groups is 6. The van der Waals surface area contributed by atoms with E-state index in [1.165, 1.54) is 18.2 Å². The highest BCUT2D eigenvalue weighted by Crippen LogP contribution is 2.44. The van der Waals surface area contributed by atoms with Crippen LogP contribution in [0.1, 0.15) is 62.1 Å². The zero-order valence-corrected chi connectivity index (χ0v) is 36.4. The van der Waals surface area contributed by atoms with Crippen molar-refractivity contribution in [3.05, 3.63) is 130 Å². The zero-order valence-electron chi connectivity index (χ0n) is 36.4. The molecule has 7 rings (SSSR count). The van der Waals surface area contributed by atoms with Crippen molar-refractivity contribution in [2.75, 3.05) is 0 Å². The lowest BCUT2D eigenvalue weighted by Crippen LogP contribution is -2.13. The standard InChI is InChI=1S/C48H30O26/c49-25-4-17(5-26(50)37(25)57)45(65)71-35-14-21(10-31(55)41(35)61)47(67)73-33-12-19(8-29(53)39(33)59)43(63)69-23-2-1-3-24(16-23)70-44(64)20-9-30(54)40(60)34(13-20)74-48(68)22-11-32(56)42(62)36(15-22)72-46(66)18-6-27(51)38(58)28(52)7-18/h1-16,49-62H. The van der Waals surface area contributed by atoms with Gasteiger partial charge in [-0.15, -0.1) is 0 Å². The maximum Gasteiger partial charge on any atom is 0.343 e. The molecule has 0 aromatic heterocycles. The molecule has 26 nitrogen and oxygen atoms in total. The van der Waals surface area contributed by atoms with Crippen molar-refractivity contribution in [1.82, 2.24) is 0 Å². The molecule has 0 atom stereocenters. The number of phenols is 14. The number of benzene rings is 7. The van der Waals surface area contributed by atoms with Crippen molar-refractivity contribution >= 4 is 35.8 Å². The average molecular weight is 1020 g/mol. The van der Waals surface area contributed by atoms with Gasteiger partial charge in [0.15, 0.2) is 80.5 Å². The molecule has 0 aliphatic heterocycles. The summed E-state index contributed by atoms with van der Waals surface area (Å²) in [5.74, 6) is -26.5. The Hall–Kier alpha value is -11.4. The van der Waals surface area contributed by atoms with Gasteiger partial charge in [-0.3, -0.25) is 0 Å². The second-order valence-electron chi connectivity index (χ2n) is 14.9. The topological polar surface area (TPSA) is 441 Å². The summed E-state index contributed by atoms with van der Waals surface area (Å²) in [6.45, 7) is 0. The van der Waals surface area contributed by atoms with Crippen molar-refractivity contribution < 1.29 is 129 Å². The van der Waals surface area contributed by atoms with E-state index in [0.717, 1.165) is 18.2 Å². The number of carbonyl (C=O) groups excluding carboxylic acids is 6. The first kappa shape index (κ1) is 50.4. The van der Waals surface area contributed by atoms with Crippen LogP contribution in [-0.4, -0.2) is 107 Å². The lowest BCUT2D eigenvalue weighted by molar-refractivity contribution is 0.0702. The van der Waals surface area contributed by atoms with Crippen LogP contribution in [0.15, 0.2) is 97.1 Å². The van der Waals surface area contributed by atoms with Crippen LogP contribution >= 0.6 is 0 Å². The molecule has 0 aliphatic carbocycles. The van der Waals surface area contributed by atoms with Crippen LogP contribution in [-0.2, 0) is 0 Å². The number of ether oxygens (including phenoxy) is 6. The molecule has 0 spiro atoms. The Labute approximate surface area is 409 Å². The number of hydrogen-bond acceptors (Lipinski definition) is 26. The van der Waals surface area contributed by atoms with Gasteiger partial charge in [-0.25, -0.2) is 28.8 Å². The van der Waals surface area contributed by atoms with E-state index in [1.54, 1.807) is 0 Å². The SMILES string of the molecule is O=C(Oc1cccc(OC(=O)c2cc(O)c(O)c(OC(=O)c3cc(O)c(O)c(OC(=O)c4cc(O)c(O)c(O)c4)c3)c2)c1)c1cc(O)c(O)c(OC(=O)c2cc(O)c(O)c(OC(=O)c3cc(O)c(O)c(O)c3)c2)c1. The third-order valence-corrected chi connectivity index (χ3v) is 9.81. The summed E-state index contributed by atoms with van der Waals surface area (Å²) in [4.78, 5) is 78.2. The molecular weight excluding hydrogens is 993 g/mol. The first-order valence-corrected chi connectivity index (χ1v) is 20.1. The molecule has 0 aliphatic rings. The smallest absolute Gasteiger partial charge is 0.343 e. The minimum absolute atomic E-state index is 0.337. The van der Waals surface area contributed by atoms with Gasteiger partial charge in [-0.1, -0.05) is 6.07 Å². The van der Waals surface area contributed by atoms with Crippen LogP contribution in [0.3, 0.4) is 0 Å². The largest absolute Gasteiger partial charge is 0.504 e. The van der Waals surface area contributed by atoms with Gasteiger partial charge in [0.05, 0.1) is 33.4 Å². The number of phenolic OH excluding ortho intramolecular Hbond substituents is 14. The Morgan fingerprint density at radius 3 is 0.662 bits per heavy atom. The molecular formula is C48H30O26. The van der Waals surface area contributed by atoms with Crippen molar-refractivity contribution in [2.24, 2.45) is 0 Å². The molecule has 7 aromatic carbocycles. The Kier molecular flexibility index (Phi) is 13.6. The number of esters is 6. The highest BCUT2D eigenvalue weighted by Gasteiger charge is 2.27. The third-order valence-electron chi connectivity index (χ3n) is 9.81. The first-order chi connectivity index (χ1) is 34.9. The fourth-order valence-electron chi connectivity index (χ4n) is 6.17. The van der Waals surface area contributed by atoms with Crippen LogP contribution in [0.4, 0.5) is 0 Å². The summed E-state index contributed by atoms with van der Waals surface area (Å²) < 4.78 is 30.7. The fourth-order valence-corrected chi connectivity index (χ4v) is 6.17. The summed E-state index contributed by atoms with van der Waals surface area (Å²) in [5.41, 5.74) is -3.60. The lowest BCUT2D eigenvalue weighted by Gasteiger charge is -2.13. The number of aromatic hydroxyl groups is 14. The highest BCUT2D eigenvalue weighted by molar-refractivity contribution is 5.99. The summed E-state index contributed by atoms with van der Waals surface area (Å²) in [7, 11) is 0. The number of hydrogen-bond donors (Lipinski definition) is 14. The average Bonchev–Trinajstić information content (AvgIpc) is 3.34. The maximum absolute atomic E-state index is 13.3. The van der Waals surface area contributed by atoms with E-state index in [0.29, 0.717) is 60.7 Å². The third kappa shape index (κ3) is 10.6. The summed E-state index contributed by atoms with van der Waals surface area (Å²) in [5, 5.41) is 141. The normalized spacial score (nSPS) is 10.7. The predicted octanol–water partition coefficient (Wildman–Crippen LogP) is 4.88. The van der Waals surface area contributed by atoms with Gasteiger partial charge in [0.25, 0.3) is 0 Å². The predicted molar refractivity (Wildman–Crippen MR) is 238 cm³/mol. The van der Waals surface area contributed by atoms with Crippen molar-refractivity contribution in [1.29, 1.82) is 0 Å². The van der Waals surface area contributed by atoms with Crippen LogP contribution in [0.25, 0.3) is 0 Å². The molecule has 0 bridgehead atoms. The molecule has 74 heavy (non-hydrogen) atoms. The van der Waals surface area contributed by atoms with Crippen molar-refractivity contribution in [3.63, 3.8) is 0 Å². The first-order valence-electron chi connectivity index (χ1n) is 20.1. The second-order valence-corrected chi connectivity index (χ2v) is 14.9. The van der Waals surface area contributed by atoms with Gasteiger partial charge in [0.2, 0.25) is 23.0 Å². The van der Waals surface area contributed by atoms with Crippen LogP contribution in [0.2, 0.25) is 0 Å². The van der Waals surface area contributed by atoms with E-state index in [9.17, 15) is 100 Å². The molecule has 0 heterocycles. The van der Waals surface area contributed by atoms with Crippen LogP contribution < -0.4 is 28.4 Å². The molecule has 378 valence electrons. The molecule has 0 unspecified atom stereocenters. The summed E-state index contributed by atoms with van der Waals surface area (Å²) in [6.07, 6.45) is 0. The van der Waals surface area contributed by atoms with E-state index in [4.69, 9.17) is 28.4 Å². The molecule has 0 amide bonds. The summed E-state index contributed by atoms with van der Waals surface area (Å²) in [6, 6.07) is 12.8.